The SMILES string of the molecule is CC1(C)c2ccccc2N(c2ccc3c(c2)c2cccc4c2n3-c2ccccc2C4(C)C)c2ccccc21. The predicted molar refractivity (Wildman–Crippen MR) is 160 cm³/mol. The van der Waals surface area contributed by atoms with Crippen molar-refractivity contribution < 1.29 is 0 Å². The van der Waals surface area contributed by atoms with Gasteiger partial charge in [-0.15, -0.1) is 0 Å². The highest BCUT2D eigenvalue weighted by Crippen LogP contribution is 2.53. The lowest BCUT2D eigenvalue weighted by Crippen LogP contribution is -2.30. The monoisotopic (exact) mass is 490 g/mol. The minimum absolute atomic E-state index is 0.0559. The molecule has 38 heavy (non-hydrogen) atoms. The maximum Gasteiger partial charge on any atom is 0.0582 e. The van der Waals surface area contributed by atoms with Crippen LogP contribution in [0.2, 0.25) is 0 Å². The van der Waals surface area contributed by atoms with E-state index in [1.165, 1.54) is 66.8 Å². The van der Waals surface area contributed by atoms with Gasteiger partial charge in [0, 0.05) is 27.3 Å². The Morgan fingerprint density at radius 1 is 0.474 bits per heavy atom. The van der Waals surface area contributed by atoms with Crippen LogP contribution in [0.15, 0.2) is 109 Å². The molecule has 1 aromatic heterocycles. The molecule has 5 aromatic carbocycles. The molecule has 8 rings (SSSR count). The van der Waals surface area contributed by atoms with E-state index in [1.54, 1.807) is 0 Å². The first kappa shape index (κ1) is 21.8. The molecule has 184 valence electrons. The second-order valence-electron chi connectivity index (χ2n) is 11.9. The molecule has 0 N–H and O–H groups in total. The summed E-state index contributed by atoms with van der Waals surface area (Å²) in [5.41, 5.74) is 13.0. The van der Waals surface area contributed by atoms with Gasteiger partial charge in [-0.25, -0.2) is 0 Å². The summed E-state index contributed by atoms with van der Waals surface area (Å²) in [5.74, 6) is 0. The van der Waals surface area contributed by atoms with Crippen LogP contribution >= 0.6 is 0 Å². The van der Waals surface area contributed by atoms with Gasteiger partial charge in [0.2, 0.25) is 0 Å². The van der Waals surface area contributed by atoms with Crippen LogP contribution in [-0.4, -0.2) is 4.57 Å². The summed E-state index contributed by atoms with van der Waals surface area (Å²) < 4.78 is 2.49. The fourth-order valence-corrected chi connectivity index (χ4v) is 7.24. The van der Waals surface area contributed by atoms with E-state index < -0.39 is 0 Å². The second-order valence-corrected chi connectivity index (χ2v) is 11.9. The van der Waals surface area contributed by atoms with Gasteiger partial charge in [-0.3, -0.25) is 0 Å². The zero-order valence-electron chi connectivity index (χ0n) is 22.3. The van der Waals surface area contributed by atoms with Gasteiger partial charge in [-0.1, -0.05) is 100 Å². The van der Waals surface area contributed by atoms with Crippen LogP contribution < -0.4 is 4.90 Å². The molecular formula is C36H30N2. The normalized spacial score (nSPS) is 16.3. The van der Waals surface area contributed by atoms with Crippen LogP contribution in [0.4, 0.5) is 17.1 Å². The number of hydrogen-bond acceptors (Lipinski definition) is 1. The largest absolute Gasteiger partial charge is 0.310 e. The molecule has 2 aliphatic heterocycles. The van der Waals surface area contributed by atoms with Crippen molar-refractivity contribution in [3.05, 3.63) is 131 Å². The molecule has 2 heteroatoms. The first-order chi connectivity index (χ1) is 18.4. The van der Waals surface area contributed by atoms with Crippen molar-refractivity contribution >= 4 is 38.9 Å². The number of rotatable bonds is 1. The van der Waals surface area contributed by atoms with E-state index in [1.807, 2.05) is 0 Å². The maximum absolute atomic E-state index is 2.49. The smallest absolute Gasteiger partial charge is 0.0582 e. The first-order valence-corrected chi connectivity index (χ1v) is 13.6. The topological polar surface area (TPSA) is 8.17 Å². The second kappa shape index (κ2) is 7.17. The molecule has 0 fully saturated rings. The number of nitrogens with zero attached hydrogens (tertiary/aromatic N) is 2. The van der Waals surface area contributed by atoms with Crippen molar-refractivity contribution in [2.75, 3.05) is 4.90 Å². The third-order valence-corrected chi connectivity index (χ3v) is 9.16. The Labute approximate surface area is 223 Å². The van der Waals surface area contributed by atoms with Crippen LogP contribution in [-0.2, 0) is 10.8 Å². The van der Waals surface area contributed by atoms with Crippen LogP contribution in [0.25, 0.3) is 27.5 Å². The zero-order chi connectivity index (χ0) is 25.8. The molecule has 6 aromatic rings. The van der Waals surface area contributed by atoms with E-state index in [0.717, 1.165) is 0 Å². The molecule has 3 heterocycles. The van der Waals surface area contributed by atoms with E-state index in [0.29, 0.717) is 0 Å². The Hall–Kier alpha value is -4.30. The van der Waals surface area contributed by atoms with Gasteiger partial charge < -0.3 is 9.47 Å². The summed E-state index contributed by atoms with van der Waals surface area (Å²) in [6, 6.07) is 40.6. The van der Waals surface area contributed by atoms with E-state index in [4.69, 9.17) is 0 Å². The Balaban J connectivity index is 1.45. The average Bonchev–Trinajstić information content (AvgIpc) is 3.27. The number of anilines is 3. The summed E-state index contributed by atoms with van der Waals surface area (Å²) in [5, 5.41) is 2.62. The molecule has 0 spiro atoms. The zero-order valence-corrected chi connectivity index (χ0v) is 22.3. The van der Waals surface area contributed by atoms with Gasteiger partial charge in [0.25, 0.3) is 0 Å². The Morgan fingerprint density at radius 3 is 1.66 bits per heavy atom. The average molecular weight is 491 g/mol. The van der Waals surface area contributed by atoms with Crippen LogP contribution in [0.1, 0.15) is 49.9 Å². The molecule has 2 aliphatic rings. The standard InChI is InChI=1S/C36H30N2/c1-35(2)26-13-5-8-17-31(26)37(32-18-9-6-14-27(32)35)23-20-21-30-25(22-23)24-12-11-16-29-34(24)38(30)33-19-10-7-15-28(33)36(29,3)4/h5-22H,1-4H3. The highest BCUT2D eigenvalue weighted by atomic mass is 15.2. The molecular weight excluding hydrogens is 460 g/mol. The Kier molecular flexibility index (Phi) is 4.10. The number of para-hydroxylation sites is 4. The van der Waals surface area contributed by atoms with Gasteiger partial charge in [0.05, 0.1) is 28.1 Å². The van der Waals surface area contributed by atoms with Gasteiger partial charge >= 0.3 is 0 Å². The van der Waals surface area contributed by atoms with E-state index in [9.17, 15) is 0 Å². The quantitative estimate of drug-likeness (QED) is 0.223. The number of benzene rings is 5. The molecule has 0 bridgehead atoms. The number of hydrogen-bond donors (Lipinski definition) is 0. The minimum atomic E-state index is -0.0627. The van der Waals surface area contributed by atoms with Gasteiger partial charge in [-0.2, -0.15) is 0 Å². The minimum Gasteiger partial charge on any atom is -0.310 e. The van der Waals surface area contributed by atoms with E-state index in [2.05, 4.69) is 146 Å². The molecule has 0 aliphatic carbocycles. The van der Waals surface area contributed by atoms with Crippen LogP contribution in [0, 0.1) is 0 Å². The summed E-state index contributed by atoms with van der Waals surface area (Å²) >= 11 is 0. The molecule has 0 radical (unpaired) electrons. The Bertz CT molecular complexity index is 1890. The maximum atomic E-state index is 2.49. The lowest BCUT2D eigenvalue weighted by Gasteiger charge is -2.42. The molecule has 0 atom stereocenters. The third kappa shape index (κ3) is 2.58. The number of fused-ring (bicyclic) bond motifs is 7. The highest BCUT2D eigenvalue weighted by molar-refractivity contribution is 6.13. The van der Waals surface area contributed by atoms with Crippen molar-refractivity contribution in [2.24, 2.45) is 0 Å². The van der Waals surface area contributed by atoms with E-state index >= 15 is 0 Å². The van der Waals surface area contributed by atoms with Gasteiger partial charge in [-0.05, 0) is 58.7 Å². The summed E-state index contributed by atoms with van der Waals surface area (Å²) in [6.07, 6.45) is 0. The van der Waals surface area contributed by atoms with Crippen molar-refractivity contribution in [3.8, 4) is 5.69 Å². The van der Waals surface area contributed by atoms with Crippen molar-refractivity contribution in [1.29, 1.82) is 0 Å². The lowest BCUT2D eigenvalue weighted by atomic mass is 9.73. The van der Waals surface area contributed by atoms with Gasteiger partial charge in [0.1, 0.15) is 0 Å². The van der Waals surface area contributed by atoms with Crippen molar-refractivity contribution in [2.45, 2.75) is 38.5 Å². The third-order valence-electron chi connectivity index (χ3n) is 9.16. The van der Waals surface area contributed by atoms with Crippen LogP contribution in [0.3, 0.4) is 0 Å². The Morgan fingerprint density at radius 2 is 1.00 bits per heavy atom. The molecule has 2 nitrogen and oxygen atoms in total. The molecule has 0 amide bonds. The highest BCUT2D eigenvalue weighted by Gasteiger charge is 2.37. The lowest BCUT2D eigenvalue weighted by molar-refractivity contribution is 0.630. The predicted octanol–water partition coefficient (Wildman–Crippen LogP) is 9.53. The van der Waals surface area contributed by atoms with Crippen molar-refractivity contribution in [1.82, 2.24) is 4.57 Å². The summed E-state index contributed by atoms with van der Waals surface area (Å²) in [4.78, 5) is 2.46. The summed E-state index contributed by atoms with van der Waals surface area (Å²) in [7, 11) is 0. The van der Waals surface area contributed by atoms with E-state index in [-0.39, 0.29) is 10.8 Å². The molecule has 0 unspecified atom stereocenters. The van der Waals surface area contributed by atoms with Crippen molar-refractivity contribution in [3.63, 3.8) is 0 Å². The molecule has 0 saturated heterocycles. The fraction of sp³-hybridized carbons (Fsp3) is 0.167. The summed E-state index contributed by atoms with van der Waals surface area (Å²) in [6.45, 7) is 9.40. The molecule has 0 saturated carbocycles. The van der Waals surface area contributed by atoms with Crippen LogP contribution in [0.5, 0.6) is 0 Å². The first-order valence-electron chi connectivity index (χ1n) is 13.6. The fourth-order valence-electron chi connectivity index (χ4n) is 7.24. The van der Waals surface area contributed by atoms with Gasteiger partial charge in [0.15, 0.2) is 0 Å². The number of aromatic nitrogens is 1.